The Labute approximate surface area is 251 Å². The van der Waals surface area contributed by atoms with Crippen molar-refractivity contribution in [2.45, 2.75) is 39.7 Å². The molecule has 0 fully saturated rings. The Morgan fingerprint density at radius 2 is 1.70 bits per heavy atom. The molecule has 0 atom stereocenters. The van der Waals surface area contributed by atoms with Gasteiger partial charge in [-0.25, -0.2) is 4.98 Å². The molecule has 0 aliphatic heterocycles. The number of nitrogens with zero attached hydrogens (tertiary/aromatic N) is 3. The fourth-order valence-corrected chi connectivity index (χ4v) is 4.60. The first kappa shape index (κ1) is 29.3. The lowest BCUT2D eigenvalue weighted by molar-refractivity contribution is 0.102. The molecule has 0 saturated heterocycles. The van der Waals surface area contributed by atoms with Gasteiger partial charge in [0.1, 0.15) is 12.4 Å². The van der Waals surface area contributed by atoms with Crippen LogP contribution < -0.4 is 20.9 Å². The average molecular weight is 574 g/mol. The van der Waals surface area contributed by atoms with E-state index in [1.54, 1.807) is 25.6 Å². The highest BCUT2D eigenvalue weighted by atomic mass is 16.5. The van der Waals surface area contributed by atoms with Gasteiger partial charge in [0.05, 0.1) is 5.69 Å². The van der Waals surface area contributed by atoms with Crippen LogP contribution in [0.15, 0.2) is 102 Å². The van der Waals surface area contributed by atoms with Crippen LogP contribution in [-0.4, -0.2) is 20.4 Å². The Balaban J connectivity index is 1.33. The summed E-state index contributed by atoms with van der Waals surface area (Å²) in [7, 11) is 1.69. The molecule has 43 heavy (non-hydrogen) atoms. The van der Waals surface area contributed by atoms with Gasteiger partial charge in [0.15, 0.2) is 5.82 Å². The maximum Gasteiger partial charge on any atom is 0.293 e. The summed E-state index contributed by atoms with van der Waals surface area (Å²) in [6.45, 7) is 8.76. The van der Waals surface area contributed by atoms with Crippen LogP contribution in [0.5, 0.6) is 5.75 Å². The summed E-state index contributed by atoms with van der Waals surface area (Å²) in [6.07, 6.45) is 5.18. The lowest BCUT2D eigenvalue weighted by Crippen LogP contribution is -2.21. The largest absolute Gasteiger partial charge is 0.489 e. The SMILES string of the molecule is Cc1c(NC(=O)c2ccc(C(C)(C)C)cc2)cccc1-c1cn(C)c(=O)c(Nc2ccc(OCc3cccnc3)cc2)n1. The molecular formula is C35H35N5O3. The molecule has 5 aromatic rings. The highest BCUT2D eigenvalue weighted by Crippen LogP contribution is 2.29. The topological polar surface area (TPSA) is 98.1 Å². The van der Waals surface area contributed by atoms with E-state index in [0.717, 1.165) is 22.3 Å². The van der Waals surface area contributed by atoms with Gasteiger partial charge in [-0.15, -0.1) is 0 Å². The molecule has 2 N–H and O–H groups in total. The Kier molecular flexibility index (Phi) is 8.39. The van der Waals surface area contributed by atoms with Gasteiger partial charge in [0, 0.05) is 53.7 Å². The molecule has 0 bridgehead atoms. The van der Waals surface area contributed by atoms with Crippen LogP contribution >= 0.6 is 0 Å². The number of hydrogen-bond donors (Lipinski definition) is 2. The summed E-state index contributed by atoms with van der Waals surface area (Å²) in [5.74, 6) is 0.699. The van der Waals surface area contributed by atoms with E-state index < -0.39 is 0 Å². The Hall–Kier alpha value is -5.24. The van der Waals surface area contributed by atoms with E-state index in [1.807, 2.05) is 85.8 Å². The second-order valence-electron chi connectivity index (χ2n) is 11.4. The van der Waals surface area contributed by atoms with E-state index in [2.05, 4.69) is 41.4 Å². The first-order chi connectivity index (χ1) is 20.6. The predicted octanol–water partition coefficient (Wildman–Crippen LogP) is 7.02. The normalized spacial score (nSPS) is 11.2. The quantitative estimate of drug-likeness (QED) is 0.207. The second-order valence-corrected chi connectivity index (χ2v) is 11.4. The first-order valence-electron chi connectivity index (χ1n) is 14.1. The minimum absolute atomic E-state index is 0.00883. The van der Waals surface area contributed by atoms with Crippen LogP contribution in [0.25, 0.3) is 11.3 Å². The number of amides is 1. The minimum atomic E-state index is -0.263. The molecule has 218 valence electrons. The van der Waals surface area contributed by atoms with Crippen LogP contribution in [0, 0.1) is 6.92 Å². The van der Waals surface area contributed by atoms with Crippen LogP contribution in [0.1, 0.15) is 47.8 Å². The number of aryl methyl sites for hydroxylation is 1. The van der Waals surface area contributed by atoms with Gasteiger partial charge in [-0.3, -0.25) is 14.6 Å². The Morgan fingerprint density at radius 1 is 0.953 bits per heavy atom. The molecule has 2 aromatic heterocycles. The van der Waals surface area contributed by atoms with E-state index in [-0.39, 0.29) is 22.7 Å². The number of ether oxygens (including phenoxy) is 1. The number of aromatic nitrogens is 3. The predicted molar refractivity (Wildman–Crippen MR) is 171 cm³/mol. The molecule has 0 spiro atoms. The lowest BCUT2D eigenvalue weighted by Gasteiger charge is -2.19. The van der Waals surface area contributed by atoms with E-state index in [9.17, 15) is 9.59 Å². The van der Waals surface area contributed by atoms with Crippen molar-refractivity contribution in [3.05, 3.63) is 130 Å². The Morgan fingerprint density at radius 3 is 2.37 bits per heavy atom. The van der Waals surface area contributed by atoms with Crippen molar-refractivity contribution in [3.63, 3.8) is 0 Å². The zero-order valence-electron chi connectivity index (χ0n) is 25.0. The second kappa shape index (κ2) is 12.3. The lowest BCUT2D eigenvalue weighted by atomic mass is 9.86. The van der Waals surface area contributed by atoms with Crippen molar-refractivity contribution >= 4 is 23.1 Å². The van der Waals surface area contributed by atoms with Gasteiger partial charge < -0.3 is 19.9 Å². The molecule has 8 heteroatoms. The highest BCUT2D eigenvalue weighted by molar-refractivity contribution is 6.05. The van der Waals surface area contributed by atoms with Crippen LogP contribution in [0.3, 0.4) is 0 Å². The third-order valence-electron chi connectivity index (χ3n) is 7.19. The summed E-state index contributed by atoms with van der Waals surface area (Å²) >= 11 is 0. The minimum Gasteiger partial charge on any atom is -0.489 e. The van der Waals surface area contributed by atoms with Crippen molar-refractivity contribution in [1.82, 2.24) is 14.5 Å². The van der Waals surface area contributed by atoms with E-state index in [0.29, 0.717) is 35.0 Å². The number of hydrogen-bond acceptors (Lipinski definition) is 6. The number of anilines is 3. The number of rotatable bonds is 8. The summed E-state index contributed by atoms with van der Waals surface area (Å²) in [5, 5.41) is 6.18. The zero-order chi connectivity index (χ0) is 30.6. The molecule has 8 nitrogen and oxygen atoms in total. The number of nitrogens with one attached hydrogen (secondary N) is 2. The maximum atomic E-state index is 13.1. The summed E-state index contributed by atoms with van der Waals surface area (Å²) in [4.78, 5) is 34.8. The highest BCUT2D eigenvalue weighted by Gasteiger charge is 2.17. The standard InChI is InChI=1S/C35H35N5O3/c1-23-29(9-6-10-30(23)39-33(41)25-11-13-26(14-12-25)35(2,3)4)31-21-40(5)34(42)32(38-31)37-27-15-17-28(18-16-27)43-22-24-8-7-19-36-20-24/h6-21H,22H2,1-5H3,(H,37,38)(H,39,41). The molecule has 2 heterocycles. The van der Waals surface area contributed by atoms with E-state index >= 15 is 0 Å². The van der Waals surface area contributed by atoms with E-state index in [1.165, 1.54) is 4.57 Å². The molecule has 0 aliphatic carbocycles. The van der Waals surface area contributed by atoms with E-state index in [4.69, 9.17) is 4.74 Å². The zero-order valence-corrected chi connectivity index (χ0v) is 25.0. The van der Waals surface area contributed by atoms with Gasteiger partial charge in [-0.2, -0.15) is 0 Å². The molecular weight excluding hydrogens is 538 g/mol. The van der Waals surface area contributed by atoms with Gasteiger partial charge in [0.25, 0.3) is 11.5 Å². The number of carbonyl (C=O) groups excluding carboxylic acids is 1. The molecule has 0 radical (unpaired) electrons. The van der Waals surface area contributed by atoms with Crippen LogP contribution in [0.4, 0.5) is 17.2 Å². The molecule has 5 rings (SSSR count). The van der Waals surface area contributed by atoms with Crippen molar-refractivity contribution in [2.24, 2.45) is 7.05 Å². The summed E-state index contributed by atoms with van der Waals surface area (Å²) in [5.41, 5.74) is 6.09. The fourth-order valence-electron chi connectivity index (χ4n) is 4.60. The third-order valence-corrected chi connectivity index (χ3v) is 7.19. The van der Waals surface area contributed by atoms with Crippen molar-refractivity contribution in [1.29, 1.82) is 0 Å². The molecule has 0 aliphatic rings. The Bertz CT molecular complexity index is 1790. The number of carbonyl (C=O) groups is 1. The number of pyridine rings is 1. The summed E-state index contributed by atoms with van der Waals surface area (Å²) in [6, 6.07) is 24.5. The van der Waals surface area contributed by atoms with Gasteiger partial charge >= 0.3 is 0 Å². The summed E-state index contributed by atoms with van der Waals surface area (Å²) < 4.78 is 7.33. The first-order valence-corrected chi connectivity index (χ1v) is 14.1. The fraction of sp³-hybridized carbons (Fsp3) is 0.200. The van der Waals surface area contributed by atoms with Gasteiger partial charge in [-0.1, -0.05) is 51.1 Å². The van der Waals surface area contributed by atoms with Crippen LogP contribution in [0.2, 0.25) is 0 Å². The van der Waals surface area contributed by atoms with Gasteiger partial charge in [0.2, 0.25) is 0 Å². The van der Waals surface area contributed by atoms with Gasteiger partial charge in [-0.05, 0) is 72.0 Å². The number of benzene rings is 3. The maximum absolute atomic E-state index is 13.1. The third kappa shape index (κ3) is 6.98. The molecule has 1 amide bonds. The molecule has 0 saturated carbocycles. The van der Waals surface area contributed by atoms with Crippen LogP contribution in [-0.2, 0) is 19.1 Å². The van der Waals surface area contributed by atoms with Crippen molar-refractivity contribution < 1.29 is 9.53 Å². The smallest absolute Gasteiger partial charge is 0.293 e. The van der Waals surface area contributed by atoms with Crippen molar-refractivity contribution in [2.75, 3.05) is 10.6 Å². The molecule has 0 unspecified atom stereocenters. The monoisotopic (exact) mass is 573 g/mol. The van der Waals surface area contributed by atoms with Crippen molar-refractivity contribution in [3.8, 4) is 17.0 Å². The average Bonchev–Trinajstić information content (AvgIpc) is 3.00. The molecule has 3 aromatic carbocycles.